The van der Waals surface area contributed by atoms with E-state index >= 15 is 0 Å². The highest BCUT2D eigenvalue weighted by Crippen LogP contribution is 2.11. The minimum atomic E-state index is -0.463. The van der Waals surface area contributed by atoms with Crippen LogP contribution in [0.3, 0.4) is 0 Å². The molecule has 0 atom stereocenters. The highest BCUT2D eigenvalue weighted by Gasteiger charge is 2.25. The molecule has 0 spiro atoms. The molecule has 0 N–H and O–H groups in total. The van der Waals surface area contributed by atoms with Gasteiger partial charge in [0.2, 0.25) is 0 Å². The second-order valence-corrected chi connectivity index (χ2v) is 6.64. The minimum absolute atomic E-state index is 0.237. The van der Waals surface area contributed by atoms with Crippen LogP contribution in [-0.2, 0) is 19.0 Å². The molecule has 1 aliphatic heterocycles. The number of piperazine rings is 1. The lowest BCUT2D eigenvalue weighted by molar-refractivity contribution is -0.143. The van der Waals surface area contributed by atoms with Crippen LogP contribution in [0.4, 0.5) is 4.79 Å². The van der Waals surface area contributed by atoms with Crippen LogP contribution in [0.5, 0.6) is 0 Å². The van der Waals surface area contributed by atoms with E-state index in [0.717, 1.165) is 19.6 Å². The second-order valence-electron chi connectivity index (χ2n) is 6.64. The van der Waals surface area contributed by atoms with Crippen LogP contribution in [0.1, 0.15) is 27.2 Å². The van der Waals surface area contributed by atoms with Gasteiger partial charge in [0.25, 0.3) is 0 Å². The van der Waals surface area contributed by atoms with Crippen LogP contribution >= 0.6 is 0 Å². The Bertz CT molecular complexity index is 412. The standard InChI is InChI=1S/C17H30N2O5/c1-5-12-23-15(20)6-13-22-14-11-18-7-9-19(10-8-18)16(21)24-17(2,3)4/h5H,1,6-14H2,2-4H3. The third-order valence-electron chi connectivity index (χ3n) is 3.39. The molecular formula is C17H30N2O5. The highest BCUT2D eigenvalue weighted by molar-refractivity contribution is 5.69. The Morgan fingerprint density at radius 2 is 1.79 bits per heavy atom. The first-order valence-electron chi connectivity index (χ1n) is 8.36. The van der Waals surface area contributed by atoms with Crippen molar-refractivity contribution in [3.8, 4) is 0 Å². The summed E-state index contributed by atoms with van der Waals surface area (Å²) in [6.45, 7) is 13.9. The maximum atomic E-state index is 12.0. The first kappa shape index (κ1) is 20.4. The van der Waals surface area contributed by atoms with Crippen LogP contribution < -0.4 is 0 Å². The molecule has 7 heteroatoms. The van der Waals surface area contributed by atoms with Crippen LogP contribution in [0, 0.1) is 0 Å². The largest absolute Gasteiger partial charge is 0.461 e. The van der Waals surface area contributed by atoms with E-state index in [1.807, 2.05) is 20.8 Å². The molecule has 0 saturated carbocycles. The molecule has 0 unspecified atom stereocenters. The van der Waals surface area contributed by atoms with E-state index in [1.165, 1.54) is 6.08 Å². The Morgan fingerprint density at radius 1 is 1.12 bits per heavy atom. The fourth-order valence-corrected chi connectivity index (χ4v) is 2.16. The van der Waals surface area contributed by atoms with Crippen LogP contribution in [0.25, 0.3) is 0 Å². The van der Waals surface area contributed by atoms with E-state index < -0.39 is 5.60 Å². The third kappa shape index (κ3) is 8.88. The topological polar surface area (TPSA) is 68.3 Å². The molecule has 0 aliphatic carbocycles. The molecule has 1 heterocycles. The number of carbonyl (C=O) groups is 2. The zero-order valence-corrected chi connectivity index (χ0v) is 15.1. The molecule has 1 rings (SSSR count). The maximum absolute atomic E-state index is 12.0. The van der Waals surface area contributed by atoms with Gasteiger partial charge >= 0.3 is 12.1 Å². The fraction of sp³-hybridized carbons (Fsp3) is 0.765. The Morgan fingerprint density at radius 3 is 2.38 bits per heavy atom. The Hall–Kier alpha value is -1.60. The number of esters is 1. The van der Waals surface area contributed by atoms with Gasteiger partial charge < -0.3 is 19.1 Å². The van der Waals surface area contributed by atoms with Crippen molar-refractivity contribution in [2.75, 3.05) is 52.5 Å². The summed E-state index contributed by atoms with van der Waals surface area (Å²) in [7, 11) is 0. The van der Waals surface area contributed by atoms with Gasteiger partial charge in [-0.25, -0.2) is 4.79 Å². The zero-order chi connectivity index (χ0) is 18.0. The average Bonchev–Trinajstić information content (AvgIpc) is 2.51. The number of hydrogen-bond donors (Lipinski definition) is 0. The summed E-state index contributed by atoms with van der Waals surface area (Å²) in [6, 6.07) is 0. The summed E-state index contributed by atoms with van der Waals surface area (Å²) < 4.78 is 15.7. The van der Waals surface area contributed by atoms with Gasteiger partial charge in [-0.1, -0.05) is 12.7 Å². The molecule has 0 aromatic rings. The number of hydrogen-bond acceptors (Lipinski definition) is 6. The summed E-state index contributed by atoms with van der Waals surface area (Å²) in [5.41, 5.74) is -0.463. The van der Waals surface area contributed by atoms with Crippen molar-refractivity contribution in [2.24, 2.45) is 0 Å². The SMILES string of the molecule is C=CCOC(=O)CCOCCN1CCN(C(=O)OC(C)(C)C)CC1. The Labute approximate surface area is 144 Å². The van der Waals surface area contributed by atoms with Crippen molar-refractivity contribution >= 4 is 12.1 Å². The van der Waals surface area contributed by atoms with E-state index in [-0.39, 0.29) is 25.1 Å². The molecule has 0 aromatic heterocycles. The van der Waals surface area contributed by atoms with Crippen molar-refractivity contribution in [3.63, 3.8) is 0 Å². The van der Waals surface area contributed by atoms with Crippen molar-refractivity contribution in [1.82, 2.24) is 9.80 Å². The Balaban J connectivity index is 2.09. The van der Waals surface area contributed by atoms with Crippen molar-refractivity contribution < 1.29 is 23.8 Å². The highest BCUT2D eigenvalue weighted by atomic mass is 16.6. The maximum Gasteiger partial charge on any atom is 0.410 e. The van der Waals surface area contributed by atoms with Crippen molar-refractivity contribution in [3.05, 3.63) is 12.7 Å². The number of rotatable bonds is 8. The van der Waals surface area contributed by atoms with Gasteiger partial charge in [-0.05, 0) is 20.8 Å². The zero-order valence-electron chi connectivity index (χ0n) is 15.1. The number of ether oxygens (including phenoxy) is 3. The summed E-state index contributed by atoms with van der Waals surface area (Å²) >= 11 is 0. The van der Waals surface area contributed by atoms with E-state index in [4.69, 9.17) is 14.2 Å². The average molecular weight is 342 g/mol. The lowest BCUT2D eigenvalue weighted by Crippen LogP contribution is -2.50. The normalized spacial score (nSPS) is 15.9. The summed E-state index contributed by atoms with van der Waals surface area (Å²) in [5, 5.41) is 0. The summed E-state index contributed by atoms with van der Waals surface area (Å²) in [4.78, 5) is 27.2. The van der Waals surface area contributed by atoms with Crippen molar-refractivity contribution in [1.29, 1.82) is 0 Å². The number of carbonyl (C=O) groups excluding carboxylic acids is 2. The van der Waals surface area contributed by atoms with E-state index in [2.05, 4.69) is 11.5 Å². The molecule has 7 nitrogen and oxygen atoms in total. The van der Waals surface area contributed by atoms with Gasteiger partial charge in [0.1, 0.15) is 12.2 Å². The Kier molecular flexibility index (Phi) is 8.78. The predicted octanol–water partition coefficient (Wildman–Crippen LogP) is 1.67. The molecule has 1 saturated heterocycles. The van der Waals surface area contributed by atoms with Gasteiger partial charge in [-0.15, -0.1) is 0 Å². The van der Waals surface area contributed by atoms with Gasteiger partial charge in [0.15, 0.2) is 0 Å². The second kappa shape index (κ2) is 10.3. The van der Waals surface area contributed by atoms with Crippen LogP contribution in [0.15, 0.2) is 12.7 Å². The third-order valence-corrected chi connectivity index (χ3v) is 3.39. The monoisotopic (exact) mass is 342 g/mol. The quantitative estimate of drug-likeness (QED) is 0.380. The molecule has 138 valence electrons. The van der Waals surface area contributed by atoms with Gasteiger partial charge in [-0.2, -0.15) is 0 Å². The van der Waals surface area contributed by atoms with Crippen LogP contribution in [0.2, 0.25) is 0 Å². The lowest BCUT2D eigenvalue weighted by atomic mass is 10.2. The lowest BCUT2D eigenvalue weighted by Gasteiger charge is -2.35. The van der Waals surface area contributed by atoms with Gasteiger partial charge in [0, 0.05) is 32.7 Å². The smallest absolute Gasteiger partial charge is 0.410 e. The first-order chi connectivity index (χ1) is 11.3. The molecule has 1 amide bonds. The summed E-state index contributed by atoms with van der Waals surface area (Å²) in [6.07, 6.45) is 1.53. The minimum Gasteiger partial charge on any atom is -0.461 e. The molecule has 1 aliphatic rings. The van der Waals surface area contributed by atoms with Gasteiger partial charge in [0.05, 0.1) is 19.6 Å². The van der Waals surface area contributed by atoms with E-state index in [0.29, 0.717) is 26.3 Å². The van der Waals surface area contributed by atoms with Gasteiger partial charge in [-0.3, -0.25) is 9.69 Å². The molecule has 24 heavy (non-hydrogen) atoms. The van der Waals surface area contributed by atoms with Crippen molar-refractivity contribution in [2.45, 2.75) is 32.8 Å². The van der Waals surface area contributed by atoms with Crippen LogP contribution in [-0.4, -0.2) is 80.0 Å². The number of nitrogens with zero attached hydrogens (tertiary/aromatic N) is 2. The first-order valence-corrected chi connectivity index (χ1v) is 8.36. The summed E-state index contributed by atoms with van der Waals surface area (Å²) in [5.74, 6) is -0.277. The molecule has 0 radical (unpaired) electrons. The molecule has 0 aromatic carbocycles. The predicted molar refractivity (Wildman–Crippen MR) is 90.8 cm³/mol. The van der Waals surface area contributed by atoms with E-state index in [1.54, 1.807) is 4.90 Å². The van der Waals surface area contributed by atoms with E-state index in [9.17, 15) is 9.59 Å². The molecular weight excluding hydrogens is 312 g/mol. The number of amides is 1. The fourth-order valence-electron chi connectivity index (χ4n) is 2.16. The molecule has 1 fully saturated rings. The molecule has 0 bridgehead atoms.